The summed E-state index contributed by atoms with van der Waals surface area (Å²) < 4.78 is 7.57. The van der Waals surface area contributed by atoms with Crippen molar-refractivity contribution < 1.29 is 24.2 Å². The van der Waals surface area contributed by atoms with Gasteiger partial charge in [0.25, 0.3) is 5.91 Å². The summed E-state index contributed by atoms with van der Waals surface area (Å²) in [4.78, 5) is 29.7. The van der Waals surface area contributed by atoms with E-state index in [4.69, 9.17) is 9.40 Å². The molecule has 5 rings (SSSR count). The maximum Gasteiger partial charge on any atom is 0.326 e. The number of aliphatic carboxylic acids is 1. The number of carboxylic acids is 1. The van der Waals surface area contributed by atoms with Gasteiger partial charge in [-0.05, 0) is 67.6 Å². The number of nitrogens with one attached hydrogen (secondary N) is 1. The molecule has 8 nitrogen and oxygen atoms in total. The summed E-state index contributed by atoms with van der Waals surface area (Å²) in [5.41, 5.74) is 3.79. The number of hydrogen-bond donors (Lipinski definition) is 3. The van der Waals surface area contributed by atoms with Crippen LogP contribution in [0.5, 0.6) is 5.75 Å². The van der Waals surface area contributed by atoms with Gasteiger partial charge < -0.3 is 24.5 Å². The number of rotatable bonds is 8. The van der Waals surface area contributed by atoms with E-state index in [9.17, 15) is 19.8 Å². The molecule has 0 aliphatic heterocycles. The van der Waals surface area contributed by atoms with Crippen LogP contribution in [0.4, 0.5) is 0 Å². The Hall–Kier alpha value is -4.07. The van der Waals surface area contributed by atoms with Gasteiger partial charge in [0.05, 0.1) is 22.9 Å². The van der Waals surface area contributed by atoms with Crippen molar-refractivity contribution in [1.82, 2.24) is 14.9 Å². The van der Waals surface area contributed by atoms with Crippen LogP contribution in [0.2, 0.25) is 0 Å². The predicted octanol–water partition coefficient (Wildman–Crippen LogP) is 5.32. The highest BCUT2D eigenvalue weighted by atomic mass is 16.4. The third kappa shape index (κ3) is 4.98. The number of nitrogens with zero attached hydrogens (tertiary/aromatic N) is 2. The molecule has 0 saturated heterocycles. The van der Waals surface area contributed by atoms with Crippen molar-refractivity contribution >= 4 is 22.9 Å². The van der Waals surface area contributed by atoms with E-state index in [2.05, 4.69) is 9.88 Å². The average Bonchev–Trinajstić information content (AvgIpc) is 3.55. The lowest BCUT2D eigenvalue weighted by molar-refractivity contribution is -0.139. The molecule has 8 heteroatoms. The zero-order valence-electron chi connectivity index (χ0n) is 19.9. The Kier molecular flexibility index (Phi) is 6.75. The Balaban J connectivity index is 1.38. The number of carbonyl (C=O) groups excluding carboxylic acids is 1. The van der Waals surface area contributed by atoms with Gasteiger partial charge in [0, 0.05) is 11.6 Å². The molecule has 1 aliphatic carbocycles. The zero-order chi connectivity index (χ0) is 25.1. The first-order chi connectivity index (χ1) is 17.5. The van der Waals surface area contributed by atoms with Crippen LogP contribution in [0.3, 0.4) is 0 Å². The molecule has 4 aromatic rings. The average molecular weight is 488 g/mol. The Bertz CT molecular complexity index is 1350. The van der Waals surface area contributed by atoms with E-state index in [1.165, 1.54) is 19.3 Å². The molecular formula is C28H29N3O5. The maximum atomic E-state index is 13.0. The molecule has 1 aliphatic rings. The van der Waals surface area contributed by atoms with E-state index in [0.29, 0.717) is 23.5 Å². The van der Waals surface area contributed by atoms with Gasteiger partial charge in [0.2, 0.25) is 0 Å². The Morgan fingerprint density at radius 2 is 1.86 bits per heavy atom. The van der Waals surface area contributed by atoms with Crippen molar-refractivity contribution in [2.75, 3.05) is 0 Å². The normalized spacial score (nSPS) is 15.1. The largest absolute Gasteiger partial charge is 0.508 e. The highest BCUT2D eigenvalue weighted by Gasteiger charge is 2.25. The van der Waals surface area contributed by atoms with E-state index >= 15 is 0 Å². The van der Waals surface area contributed by atoms with Gasteiger partial charge in [-0.2, -0.15) is 0 Å². The van der Waals surface area contributed by atoms with Crippen LogP contribution >= 0.6 is 0 Å². The summed E-state index contributed by atoms with van der Waals surface area (Å²) in [5.74, 6) is -0.571. The summed E-state index contributed by atoms with van der Waals surface area (Å²) in [6.45, 7) is 0. The van der Waals surface area contributed by atoms with Gasteiger partial charge in [-0.1, -0.05) is 31.4 Å². The number of furan rings is 1. The van der Waals surface area contributed by atoms with Crippen LogP contribution in [-0.4, -0.2) is 37.7 Å². The highest BCUT2D eigenvalue weighted by molar-refractivity contribution is 5.99. The number of aryl methyl sites for hydroxylation is 1. The molecule has 0 radical (unpaired) electrons. The summed E-state index contributed by atoms with van der Waals surface area (Å²) in [6.07, 6.45) is 9.76. The van der Waals surface area contributed by atoms with Gasteiger partial charge >= 0.3 is 5.97 Å². The lowest BCUT2D eigenvalue weighted by Gasteiger charge is -2.25. The summed E-state index contributed by atoms with van der Waals surface area (Å²) in [7, 11) is 0. The lowest BCUT2D eigenvalue weighted by Crippen LogP contribution is -2.41. The van der Waals surface area contributed by atoms with Crippen LogP contribution < -0.4 is 5.32 Å². The minimum absolute atomic E-state index is 0.152. The van der Waals surface area contributed by atoms with Gasteiger partial charge in [0.1, 0.15) is 23.9 Å². The fourth-order valence-corrected chi connectivity index (χ4v) is 5.02. The quantitative estimate of drug-likeness (QED) is 0.309. The zero-order valence-corrected chi connectivity index (χ0v) is 19.9. The maximum absolute atomic E-state index is 13.0. The predicted molar refractivity (Wildman–Crippen MR) is 135 cm³/mol. The molecule has 0 bridgehead atoms. The van der Waals surface area contributed by atoms with Crippen molar-refractivity contribution in [1.29, 1.82) is 0 Å². The SMILES string of the molecule is O=C(N[C@@H](CCc1ccc(O)cc1)C(=O)O)c1ccc2c(c1)nc(-c1ccoc1)n2C1CCCCC1. The molecule has 2 aromatic carbocycles. The first-order valence-corrected chi connectivity index (χ1v) is 12.4. The number of amides is 1. The second kappa shape index (κ2) is 10.3. The number of phenolic OH excluding ortho intramolecular Hbond substituents is 1. The van der Waals surface area contributed by atoms with E-state index in [-0.39, 0.29) is 12.2 Å². The number of hydrogen-bond acceptors (Lipinski definition) is 5. The van der Waals surface area contributed by atoms with Crippen LogP contribution in [0, 0.1) is 0 Å². The molecule has 1 saturated carbocycles. The number of phenols is 1. The van der Waals surface area contributed by atoms with Crippen molar-refractivity contribution in [2.24, 2.45) is 0 Å². The Morgan fingerprint density at radius 3 is 2.56 bits per heavy atom. The number of carboxylic acid groups (broad SMARTS) is 1. The number of fused-ring (bicyclic) bond motifs is 1. The lowest BCUT2D eigenvalue weighted by atomic mass is 9.95. The highest BCUT2D eigenvalue weighted by Crippen LogP contribution is 2.36. The van der Waals surface area contributed by atoms with Crippen molar-refractivity contribution in [3.63, 3.8) is 0 Å². The van der Waals surface area contributed by atoms with E-state index in [1.54, 1.807) is 48.9 Å². The van der Waals surface area contributed by atoms with Crippen molar-refractivity contribution in [2.45, 2.75) is 57.0 Å². The third-order valence-electron chi connectivity index (χ3n) is 6.93. The number of benzene rings is 2. The molecule has 3 N–H and O–H groups in total. The van der Waals surface area contributed by atoms with Crippen LogP contribution in [0.1, 0.15) is 60.5 Å². The van der Waals surface area contributed by atoms with Gasteiger partial charge in [0.15, 0.2) is 0 Å². The fraction of sp³-hybridized carbons (Fsp3) is 0.321. The Morgan fingerprint density at radius 1 is 1.08 bits per heavy atom. The minimum Gasteiger partial charge on any atom is -0.508 e. The standard InChI is InChI=1S/C28H29N3O5/c32-22-10-6-18(7-11-22)8-12-23(28(34)35)30-27(33)19-9-13-25-24(16-19)29-26(20-14-15-36-17-20)31(25)21-4-2-1-3-5-21/h6-7,9-11,13-17,21,23,32H,1-5,8,12H2,(H,30,33)(H,34,35)/t23-/m0/s1. The number of imidazole rings is 1. The minimum atomic E-state index is -1.09. The number of carbonyl (C=O) groups is 2. The number of aromatic hydroxyl groups is 1. The van der Waals surface area contributed by atoms with Gasteiger partial charge in [-0.15, -0.1) is 0 Å². The van der Waals surface area contributed by atoms with E-state index in [0.717, 1.165) is 35.3 Å². The third-order valence-corrected chi connectivity index (χ3v) is 6.93. The molecule has 1 amide bonds. The number of aromatic nitrogens is 2. The Labute approximate surface area is 208 Å². The smallest absolute Gasteiger partial charge is 0.326 e. The topological polar surface area (TPSA) is 118 Å². The van der Waals surface area contributed by atoms with Crippen LogP contribution in [0.15, 0.2) is 65.5 Å². The monoisotopic (exact) mass is 487 g/mol. The molecule has 2 heterocycles. The van der Waals surface area contributed by atoms with Gasteiger partial charge in [-0.3, -0.25) is 4.79 Å². The molecule has 2 aromatic heterocycles. The van der Waals surface area contributed by atoms with Crippen molar-refractivity contribution in [3.05, 3.63) is 72.2 Å². The second-order valence-corrected chi connectivity index (χ2v) is 9.38. The molecular weight excluding hydrogens is 458 g/mol. The van der Waals surface area contributed by atoms with Gasteiger partial charge in [-0.25, -0.2) is 9.78 Å². The van der Waals surface area contributed by atoms with E-state index < -0.39 is 17.9 Å². The van der Waals surface area contributed by atoms with E-state index in [1.807, 2.05) is 12.1 Å². The van der Waals surface area contributed by atoms with Crippen LogP contribution in [-0.2, 0) is 11.2 Å². The first-order valence-electron chi connectivity index (χ1n) is 12.4. The molecule has 1 fully saturated rings. The molecule has 36 heavy (non-hydrogen) atoms. The summed E-state index contributed by atoms with van der Waals surface area (Å²) in [6, 6.07) is 13.2. The molecule has 1 atom stereocenters. The summed E-state index contributed by atoms with van der Waals surface area (Å²) >= 11 is 0. The molecule has 0 spiro atoms. The second-order valence-electron chi connectivity index (χ2n) is 9.38. The summed E-state index contributed by atoms with van der Waals surface area (Å²) in [5, 5.41) is 21.8. The van der Waals surface area contributed by atoms with Crippen LogP contribution in [0.25, 0.3) is 22.4 Å². The molecule has 0 unspecified atom stereocenters. The molecule has 186 valence electrons. The fourth-order valence-electron chi connectivity index (χ4n) is 5.02. The first kappa shape index (κ1) is 23.7. The van der Waals surface area contributed by atoms with Crippen molar-refractivity contribution in [3.8, 4) is 17.1 Å².